The summed E-state index contributed by atoms with van der Waals surface area (Å²) in [7, 11) is 0. The number of anilines is 5. The van der Waals surface area contributed by atoms with E-state index in [4.69, 9.17) is 39.4 Å². The molecule has 0 amide bonds. The summed E-state index contributed by atoms with van der Waals surface area (Å²) in [5, 5.41) is 17.5. The number of carboxylic acid groups (broad SMARTS) is 2. The van der Waals surface area contributed by atoms with Gasteiger partial charge in [0.2, 0.25) is 5.43 Å². The van der Waals surface area contributed by atoms with E-state index in [1.165, 1.54) is 4.90 Å². The zero-order chi connectivity index (χ0) is 39.9. The molecule has 0 radical (unpaired) electrons. The molecular weight excluding hydrogens is 789 g/mol. The maximum absolute atomic E-state index is 15.7. The Kier molecular flexibility index (Phi) is 8.96. The summed E-state index contributed by atoms with van der Waals surface area (Å²) in [4.78, 5) is 55.8. The molecule has 2 aromatic heterocycles. The molecular formula is C34H20Cl2F6N6O7. The van der Waals surface area contributed by atoms with Gasteiger partial charge in [0.25, 0.3) is 0 Å². The van der Waals surface area contributed by atoms with E-state index in [2.05, 4.69) is 4.98 Å². The first-order valence-corrected chi connectivity index (χ1v) is 16.3. The van der Waals surface area contributed by atoms with Crippen molar-refractivity contribution in [2.24, 2.45) is 5.92 Å². The van der Waals surface area contributed by atoms with E-state index in [1.807, 2.05) is 0 Å². The van der Waals surface area contributed by atoms with Crippen molar-refractivity contribution in [3.05, 3.63) is 103 Å². The number of nitrogens with two attached hydrogens (primary N) is 2. The van der Waals surface area contributed by atoms with Crippen LogP contribution in [0.25, 0.3) is 16.7 Å². The molecule has 6 N–H and O–H groups in total. The molecule has 1 atom stereocenters. The summed E-state index contributed by atoms with van der Waals surface area (Å²) in [5.74, 6) is -15.8. The predicted molar refractivity (Wildman–Crippen MR) is 185 cm³/mol. The van der Waals surface area contributed by atoms with Gasteiger partial charge in [-0.15, -0.1) is 0 Å². The van der Waals surface area contributed by atoms with Crippen LogP contribution in [0.3, 0.4) is 0 Å². The smallest absolute Gasteiger partial charge is 0.341 e. The number of fused-ring (bicyclic) bond motifs is 2. The predicted octanol–water partition coefficient (Wildman–Crippen LogP) is 5.69. The van der Waals surface area contributed by atoms with Crippen LogP contribution in [-0.2, 0) is 4.79 Å². The second-order valence-corrected chi connectivity index (χ2v) is 13.1. The molecule has 0 bridgehead atoms. The number of hydrogen-bond donors (Lipinski definition) is 4. The van der Waals surface area contributed by atoms with Crippen molar-refractivity contribution < 1.29 is 55.7 Å². The van der Waals surface area contributed by atoms with E-state index < -0.39 is 143 Å². The third-order valence-corrected chi connectivity index (χ3v) is 9.73. The van der Waals surface area contributed by atoms with Crippen LogP contribution in [0, 0.1) is 40.8 Å². The van der Waals surface area contributed by atoms with Crippen LogP contribution in [-0.4, -0.2) is 63.2 Å². The molecule has 4 heterocycles. The van der Waals surface area contributed by atoms with Crippen molar-refractivity contribution in [1.29, 1.82) is 0 Å². The highest BCUT2D eigenvalue weighted by atomic mass is 35.5. The number of carboxylic acids is 2. The number of carbonyl (C=O) groups excluding carboxylic acids is 1. The minimum absolute atomic E-state index is 0.268. The number of aromatic carboxylic acids is 1. The van der Waals surface area contributed by atoms with E-state index in [1.54, 1.807) is 0 Å². The van der Waals surface area contributed by atoms with Gasteiger partial charge >= 0.3 is 11.9 Å². The Morgan fingerprint density at radius 3 is 2.15 bits per heavy atom. The van der Waals surface area contributed by atoms with Gasteiger partial charge in [0, 0.05) is 30.4 Å². The number of hydrogen-bond acceptors (Lipinski definition) is 10. The first kappa shape index (κ1) is 37.1. The van der Waals surface area contributed by atoms with Crippen LogP contribution < -0.4 is 31.4 Å². The molecule has 284 valence electrons. The number of carbonyl (C=O) groups is 3. The zero-order valence-corrected chi connectivity index (χ0v) is 28.7. The summed E-state index contributed by atoms with van der Waals surface area (Å²) >= 11 is 13.2. The highest BCUT2D eigenvalue weighted by Crippen LogP contribution is 2.48. The summed E-state index contributed by atoms with van der Waals surface area (Å²) < 4.78 is 95.9. The molecule has 1 unspecified atom stereocenters. The molecule has 7 rings (SSSR count). The Hall–Kier alpha value is -6.21. The van der Waals surface area contributed by atoms with E-state index in [9.17, 15) is 38.2 Å². The number of nitrogen functional groups attached to an aromatic ring is 2. The Morgan fingerprint density at radius 2 is 1.49 bits per heavy atom. The van der Waals surface area contributed by atoms with Gasteiger partial charge in [0.1, 0.15) is 40.1 Å². The Labute approximate surface area is 312 Å². The van der Waals surface area contributed by atoms with Gasteiger partial charge in [-0.3, -0.25) is 19.0 Å². The number of rotatable bonds is 7. The average molecular weight is 809 g/mol. The van der Waals surface area contributed by atoms with Gasteiger partial charge in [0.15, 0.2) is 40.6 Å². The van der Waals surface area contributed by atoms with Gasteiger partial charge in [-0.2, -0.15) is 0 Å². The molecule has 3 aromatic carbocycles. The third kappa shape index (κ3) is 5.95. The van der Waals surface area contributed by atoms with Crippen molar-refractivity contribution in [3.8, 4) is 11.6 Å². The number of aliphatic carboxylic acids is 1. The number of benzene rings is 3. The molecule has 5 aromatic rings. The molecule has 0 saturated carbocycles. The normalized spacial score (nSPS) is 15.6. The second kappa shape index (κ2) is 13.3. The van der Waals surface area contributed by atoms with Crippen molar-refractivity contribution in [2.45, 2.75) is 6.10 Å². The SMILES string of the molecule is Nc1cc(N2CC(C(=O)O)C(=O)c3cc(F)c(OC4CN(c5c(F)cc6c(=O)c(C(=O)O)cn(-c7nc(N)c(F)cc7F)c6c5Cl)C4)c(Cl)c32)c(F)cc1F. The van der Waals surface area contributed by atoms with Gasteiger partial charge in [-0.25, -0.2) is 36.1 Å². The van der Waals surface area contributed by atoms with Crippen LogP contribution in [0.5, 0.6) is 5.75 Å². The van der Waals surface area contributed by atoms with Crippen LogP contribution in [0.2, 0.25) is 10.0 Å². The number of aromatic nitrogens is 2. The lowest BCUT2D eigenvalue weighted by atomic mass is 9.90. The van der Waals surface area contributed by atoms with E-state index in [-0.39, 0.29) is 18.8 Å². The van der Waals surface area contributed by atoms with Crippen molar-refractivity contribution in [3.63, 3.8) is 0 Å². The lowest BCUT2D eigenvalue weighted by molar-refractivity contribution is -0.139. The summed E-state index contributed by atoms with van der Waals surface area (Å²) in [6.07, 6.45) is -0.355. The zero-order valence-electron chi connectivity index (χ0n) is 27.1. The van der Waals surface area contributed by atoms with Gasteiger partial charge in [0.05, 0.1) is 51.8 Å². The third-order valence-electron chi connectivity index (χ3n) is 9.02. The first-order valence-electron chi connectivity index (χ1n) is 15.5. The number of ketones is 1. The van der Waals surface area contributed by atoms with Crippen LogP contribution in [0.4, 0.5) is 54.9 Å². The van der Waals surface area contributed by atoms with Crippen molar-refractivity contribution >= 4 is 80.4 Å². The molecule has 13 nitrogen and oxygen atoms in total. The standard InChI is InChI=1S/C34H20Cl2F6N6O7/c35-23-25-11(28(49)14(34(53)54)9-48(25)32-20(42)4-19(41)31(44)45-32)1-17(39)27(23)46-6-10(7-46)55-30-18(40)2-12-26(24(30)36)47(8-13(29(12)50)33(51)52)22-5-21(43)15(37)3-16(22)38/h1-5,9-10,13H,6-8,43H2,(H2,44,45)(H,51,52)(H,53,54). The molecule has 1 saturated heterocycles. The fraction of sp³-hybridized carbons (Fsp3) is 0.147. The Balaban J connectivity index is 1.27. The number of Topliss-reactive ketones (excluding diaryl/α,β-unsaturated/α-hetero) is 1. The monoisotopic (exact) mass is 808 g/mol. The lowest BCUT2D eigenvalue weighted by Crippen LogP contribution is -2.54. The first-order chi connectivity index (χ1) is 25.9. The maximum Gasteiger partial charge on any atom is 0.341 e. The topological polar surface area (TPSA) is 194 Å². The molecule has 21 heteroatoms. The lowest BCUT2D eigenvalue weighted by Gasteiger charge is -2.42. The van der Waals surface area contributed by atoms with E-state index in [0.29, 0.717) is 35.0 Å². The molecule has 0 aliphatic carbocycles. The van der Waals surface area contributed by atoms with E-state index >= 15 is 17.6 Å². The number of halogens is 8. The molecule has 2 aliphatic heterocycles. The molecule has 55 heavy (non-hydrogen) atoms. The average Bonchev–Trinajstić information content (AvgIpc) is 3.08. The fourth-order valence-corrected chi connectivity index (χ4v) is 7.12. The molecule has 0 spiro atoms. The quantitative estimate of drug-likeness (QED) is 0.0893. The van der Waals surface area contributed by atoms with E-state index in [0.717, 1.165) is 11.0 Å². The minimum Gasteiger partial charge on any atom is -0.482 e. The Morgan fingerprint density at radius 1 is 0.818 bits per heavy atom. The van der Waals surface area contributed by atoms with Crippen LogP contribution >= 0.6 is 23.2 Å². The molecule has 2 aliphatic rings. The van der Waals surface area contributed by atoms with Crippen LogP contribution in [0.1, 0.15) is 20.7 Å². The van der Waals surface area contributed by atoms with Crippen molar-refractivity contribution in [2.75, 3.05) is 40.9 Å². The Bertz CT molecular complexity index is 2620. The highest BCUT2D eigenvalue weighted by molar-refractivity contribution is 6.38. The van der Waals surface area contributed by atoms with Gasteiger partial charge < -0.3 is 36.2 Å². The van der Waals surface area contributed by atoms with Crippen molar-refractivity contribution in [1.82, 2.24) is 9.55 Å². The summed E-state index contributed by atoms with van der Waals surface area (Å²) in [6.45, 7) is -1.25. The maximum atomic E-state index is 15.7. The number of nitrogens with zero attached hydrogens (tertiary/aromatic N) is 4. The van der Waals surface area contributed by atoms with Gasteiger partial charge in [-0.1, -0.05) is 23.2 Å². The molecule has 1 fully saturated rings. The van der Waals surface area contributed by atoms with Crippen LogP contribution in [0.15, 0.2) is 41.3 Å². The summed E-state index contributed by atoms with van der Waals surface area (Å²) in [5.41, 5.74) is 6.22. The number of ether oxygens (including phenoxy) is 1. The summed E-state index contributed by atoms with van der Waals surface area (Å²) in [6, 6.07) is 2.92. The highest BCUT2D eigenvalue weighted by Gasteiger charge is 2.42. The fourth-order valence-electron chi connectivity index (χ4n) is 6.38. The minimum atomic E-state index is -1.82. The van der Waals surface area contributed by atoms with Gasteiger partial charge in [-0.05, 0) is 18.2 Å². The number of pyridine rings is 2. The second-order valence-electron chi connectivity index (χ2n) is 12.4. The largest absolute Gasteiger partial charge is 0.482 e.